The average molecular weight is 481 g/mol. The summed E-state index contributed by atoms with van der Waals surface area (Å²) in [6, 6.07) is 21.6. The van der Waals surface area contributed by atoms with Gasteiger partial charge in [0.1, 0.15) is 36.6 Å². The van der Waals surface area contributed by atoms with Gasteiger partial charge in [-0.2, -0.15) is 0 Å². The van der Waals surface area contributed by atoms with Gasteiger partial charge in [-0.1, -0.05) is 46.3 Å². The van der Waals surface area contributed by atoms with Gasteiger partial charge in [0, 0.05) is 4.47 Å². The molecule has 1 heterocycles. The van der Waals surface area contributed by atoms with Crippen LogP contribution in [-0.4, -0.2) is 27.4 Å². The van der Waals surface area contributed by atoms with Gasteiger partial charge < -0.3 is 19.1 Å². The van der Waals surface area contributed by atoms with Gasteiger partial charge in [0.15, 0.2) is 0 Å². The van der Waals surface area contributed by atoms with Crippen molar-refractivity contribution < 1.29 is 14.6 Å². The van der Waals surface area contributed by atoms with E-state index in [0.717, 1.165) is 44.0 Å². The van der Waals surface area contributed by atoms with E-state index in [1.165, 1.54) is 0 Å². The third-order valence-corrected chi connectivity index (χ3v) is 5.67. The highest BCUT2D eigenvalue weighted by Gasteiger charge is 2.16. The van der Waals surface area contributed by atoms with Crippen LogP contribution in [0.15, 0.2) is 71.2 Å². The molecule has 0 aliphatic heterocycles. The highest BCUT2D eigenvalue weighted by atomic mass is 79.9. The Kier molecular flexibility index (Phi) is 6.59. The van der Waals surface area contributed by atoms with Crippen LogP contribution in [0.25, 0.3) is 11.0 Å². The number of hydrogen-bond acceptors (Lipinski definition) is 4. The minimum Gasteiger partial charge on any atom is -0.491 e. The van der Waals surface area contributed by atoms with E-state index in [2.05, 4.69) is 15.9 Å². The second-order valence-corrected chi connectivity index (χ2v) is 8.47. The number of para-hydroxylation sites is 3. The van der Waals surface area contributed by atoms with Crippen LogP contribution in [-0.2, 0) is 13.2 Å². The Morgan fingerprint density at radius 2 is 1.65 bits per heavy atom. The SMILES string of the molecule is Cc1cccc(C)c1OCc1nc2ccccc2n1CC(O)COc1ccc(Br)cc1. The van der Waals surface area contributed by atoms with Crippen LogP contribution in [0, 0.1) is 13.8 Å². The first-order chi connectivity index (χ1) is 15.0. The number of aromatic nitrogens is 2. The monoisotopic (exact) mass is 480 g/mol. The molecule has 0 saturated carbocycles. The summed E-state index contributed by atoms with van der Waals surface area (Å²) in [5.41, 5.74) is 4.02. The Bertz CT molecular complexity index is 1150. The van der Waals surface area contributed by atoms with Gasteiger partial charge in [0.2, 0.25) is 0 Å². The van der Waals surface area contributed by atoms with Crippen molar-refractivity contribution in [1.82, 2.24) is 9.55 Å². The number of nitrogens with zero attached hydrogens (tertiary/aromatic N) is 2. The van der Waals surface area contributed by atoms with E-state index < -0.39 is 6.10 Å². The number of benzene rings is 3. The first-order valence-corrected chi connectivity index (χ1v) is 11.0. The van der Waals surface area contributed by atoms with E-state index in [1.54, 1.807) is 0 Å². The van der Waals surface area contributed by atoms with Crippen LogP contribution < -0.4 is 9.47 Å². The van der Waals surface area contributed by atoms with Crippen LogP contribution in [0.1, 0.15) is 17.0 Å². The molecule has 4 rings (SSSR count). The topological polar surface area (TPSA) is 56.5 Å². The zero-order chi connectivity index (χ0) is 21.8. The zero-order valence-electron chi connectivity index (χ0n) is 17.6. The lowest BCUT2D eigenvalue weighted by Gasteiger charge is -2.17. The predicted molar refractivity (Wildman–Crippen MR) is 126 cm³/mol. The lowest BCUT2D eigenvalue weighted by Crippen LogP contribution is -2.25. The van der Waals surface area contributed by atoms with Gasteiger partial charge in [0.05, 0.1) is 17.6 Å². The van der Waals surface area contributed by atoms with E-state index in [9.17, 15) is 5.11 Å². The molecular weight excluding hydrogens is 456 g/mol. The number of ether oxygens (including phenoxy) is 2. The number of aliphatic hydroxyl groups is 1. The molecule has 1 atom stereocenters. The van der Waals surface area contributed by atoms with Crippen LogP contribution in [0.4, 0.5) is 0 Å². The quantitative estimate of drug-likeness (QED) is 0.365. The first kappa shape index (κ1) is 21.4. The number of fused-ring (bicyclic) bond motifs is 1. The number of halogens is 1. The van der Waals surface area contributed by atoms with Crippen LogP contribution in [0.5, 0.6) is 11.5 Å². The van der Waals surface area contributed by atoms with Crippen molar-refractivity contribution in [2.45, 2.75) is 33.1 Å². The summed E-state index contributed by atoms with van der Waals surface area (Å²) in [4.78, 5) is 4.75. The Balaban J connectivity index is 1.51. The van der Waals surface area contributed by atoms with E-state index >= 15 is 0 Å². The Hall–Kier alpha value is -2.83. The molecule has 5 nitrogen and oxygen atoms in total. The average Bonchev–Trinajstić information content (AvgIpc) is 3.10. The van der Waals surface area contributed by atoms with Crippen molar-refractivity contribution in [3.63, 3.8) is 0 Å². The van der Waals surface area contributed by atoms with E-state index in [4.69, 9.17) is 14.5 Å². The molecule has 0 saturated heterocycles. The van der Waals surface area contributed by atoms with Crippen molar-refractivity contribution in [3.8, 4) is 11.5 Å². The zero-order valence-corrected chi connectivity index (χ0v) is 19.2. The molecule has 1 aromatic heterocycles. The molecule has 31 heavy (non-hydrogen) atoms. The van der Waals surface area contributed by atoms with E-state index in [0.29, 0.717) is 13.2 Å². The van der Waals surface area contributed by atoms with Crippen LogP contribution in [0.2, 0.25) is 0 Å². The smallest absolute Gasteiger partial charge is 0.148 e. The Morgan fingerprint density at radius 1 is 0.935 bits per heavy atom. The van der Waals surface area contributed by atoms with Crippen molar-refractivity contribution in [3.05, 3.63) is 88.2 Å². The predicted octanol–water partition coefficient (Wildman–Crippen LogP) is 5.43. The fraction of sp³-hybridized carbons (Fsp3) is 0.240. The molecule has 3 aromatic carbocycles. The summed E-state index contributed by atoms with van der Waals surface area (Å²) < 4.78 is 14.9. The maximum atomic E-state index is 10.7. The summed E-state index contributed by atoms with van der Waals surface area (Å²) >= 11 is 3.41. The molecule has 4 aromatic rings. The summed E-state index contributed by atoms with van der Waals surface area (Å²) in [5, 5.41) is 10.7. The van der Waals surface area contributed by atoms with Crippen molar-refractivity contribution in [2.75, 3.05) is 6.61 Å². The largest absolute Gasteiger partial charge is 0.491 e. The van der Waals surface area contributed by atoms with Crippen LogP contribution in [0.3, 0.4) is 0 Å². The molecule has 6 heteroatoms. The Morgan fingerprint density at radius 3 is 2.39 bits per heavy atom. The lowest BCUT2D eigenvalue weighted by molar-refractivity contribution is 0.0917. The standard InChI is InChI=1S/C25H25BrN2O3/c1-17-6-5-7-18(2)25(17)31-16-24-27-22-8-3-4-9-23(22)28(24)14-20(29)15-30-21-12-10-19(26)11-13-21/h3-13,20,29H,14-16H2,1-2H3. The molecule has 0 fully saturated rings. The molecule has 0 aliphatic carbocycles. The van der Waals surface area contributed by atoms with Gasteiger partial charge in [0.25, 0.3) is 0 Å². The minimum absolute atomic E-state index is 0.186. The van der Waals surface area contributed by atoms with Crippen molar-refractivity contribution in [1.29, 1.82) is 0 Å². The molecule has 0 bridgehead atoms. The first-order valence-electron chi connectivity index (χ1n) is 10.2. The third-order valence-electron chi connectivity index (χ3n) is 5.14. The highest BCUT2D eigenvalue weighted by Crippen LogP contribution is 2.25. The molecule has 0 amide bonds. The summed E-state index contributed by atoms with van der Waals surface area (Å²) in [7, 11) is 0. The van der Waals surface area contributed by atoms with Gasteiger partial charge in [-0.15, -0.1) is 0 Å². The van der Waals surface area contributed by atoms with Crippen molar-refractivity contribution >= 4 is 27.0 Å². The second kappa shape index (κ2) is 9.54. The minimum atomic E-state index is -0.694. The number of aryl methyl sites for hydroxylation is 2. The summed E-state index contributed by atoms with van der Waals surface area (Å²) in [6.45, 7) is 4.94. The summed E-state index contributed by atoms with van der Waals surface area (Å²) in [6.07, 6.45) is -0.694. The molecule has 0 aliphatic rings. The number of rotatable bonds is 8. The van der Waals surface area contributed by atoms with Gasteiger partial charge >= 0.3 is 0 Å². The molecule has 1 N–H and O–H groups in total. The molecule has 0 radical (unpaired) electrons. The third kappa shape index (κ3) is 5.09. The van der Waals surface area contributed by atoms with Gasteiger partial charge in [-0.05, 0) is 61.4 Å². The maximum Gasteiger partial charge on any atom is 0.148 e. The fourth-order valence-corrected chi connectivity index (χ4v) is 3.85. The van der Waals surface area contributed by atoms with Crippen molar-refractivity contribution in [2.24, 2.45) is 0 Å². The maximum absolute atomic E-state index is 10.7. The molecule has 0 spiro atoms. The lowest BCUT2D eigenvalue weighted by atomic mass is 10.1. The molecular formula is C25H25BrN2O3. The molecule has 1 unspecified atom stereocenters. The number of aliphatic hydroxyl groups excluding tert-OH is 1. The number of hydrogen-bond donors (Lipinski definition) is 1. The molecule has 160 valence electrons. The van der Waals surface area contributed by atoms with E-state index in [-0.39, 0.29) is 6.61 Å². The van der Waals surface area contributed by atoms with E-state index in [1.807, 2.05) is 85.1 Å². The Labute approximate surface area is 190 Å². The van der Waals surface area contributed by atoms with Gasteiger partial charge in [-0.3, -0.25) is 0 Å². The van der Waals surface area contributed by atoms with Crippen LogP contribution >= 0.6 is 15.9 Å². The van der Waals surface area contributed by atoms with Gasteiger partial charge in [-0.25, -0.2) is 4.98 Å². The number of imidazole rings is 1. The highest BCUT2D eigenvalue weighted by molar-refractivity contribution is 9.10. The summed E-state index contributed by atoms with van der Waals surface area (Å²) in [5.74, 6) is 2.36. The fourth-order valence-electron chi connectivity index (χ4n) is 3.59. The second-order valence-electron chi connectivity index (χ2n) is 7.56. The normalized spacial score (nSPS) is 12.1.